The van der Waals surface area contributed by atoms with Crippen molar-refractivity contribution in [3.05, 3.63) is 64.1 Å². The van der Waals surface area contributed by atoms with E-state index in [2.05, 4.69) is 15.9 Å². The number of hydrogen-bond acceptors (Lipinski definition) is 2. The Hall–Kier alpha value is -1.32. The van der Waals surface area contributed by atoms with Crippen LogP contribution in [0.1, 0.15) is 17.2 Å². The number of aliphatic hydroxyl groups is 1. The number of hydrogen-bond donors (Lipinski definition) is 1. The molecule has 2 nitrogen and oxygen atoms in total. The van der Waals surface area contributed by atoms with Crippen LogP contribution in [0.15, 0.2) is 53.0 Å². The second kappa shape index (κ2) is 6.03. The smallest absolute Gasteiger partial charge is 0.133 e. The summed E-state index contributed by atoms with van der Waals surface area (Å²) in [4.78, 5) is 0. The predicted molar refractivity (Wildman–Crippen MR) is 75.8 cm³/mol. The largest absolute Gasteiger partial charge is 0.496 e. The van der Waals surface area contributed by atoms with Crippen LogP contribution in [0.4, 0.5) is 0 Å². The average molecular weight is 307 g/mol. The van der Waals surface area contributed by atoms with Crippen LogP contribution in [-0.4, -0.2) is 12.2 Å². The quantitative estimate of drug-likeness (QED) is 0.932. The van der Waals surface area contributed by atoms with E-state index >= 15 is 0 Å². The van der Waals surface area contributed by atoms with Gasteiger partial charge in [0.25, 0.3) is 0 Å². The summed E-state index contributed by atoms with van der Waals surface area (Å²) in [5.74, 6) is 0.769. The highest BCUT2D eigenvalue weighted by molar-refractivity contribution is 9.10. The fraction of sp³-hybridized carbons (Fsp3) is 0.200. The molecule has 2 rings (SSSR count). The van der Waals surface area contributed by atoms with E-state index in [9.17, 15) is 5.11 Å². The SMILES string of the molecule is COc1ccc(C(O)Cc2ccccc2)cc1Br. The van der Waals surface area contributed by atoms with Gasteiger partial charge in [-0.05, 0) is 39.2 Å². The summed E-state index contributed by atoms with van der Waals surface area (Å²) >= 11 is 3.42. The molecular weight excluding hydrogens is 292 g/mol. The molecule has 1 atom stereocenters. The van der Waals surface area contributed by atoms with Crippen molar-refractivity contribution in [2.75, 3.05) is 7.11 Å². The van der Waals surface area contributed by atoms with Gasteiger partial charge in [-0.15, -0.1) is 0 Å². The van der Waals surface area contributed by atoms with E-state index in [1.807, 2.05) is 48.5 Å². The summed E-state index contributed by atoms with van der Waals surface area (Å²) in [7, 11) is 1.63. The highest BCUT2D eigenvalue weighted by Crippen LogP contribution is 2.29. The summed E-state index contributed by atoms with van der Waals surface area (Å²) in [6, 6.07) is 15.6. The van der Waals surface area contributed by atoms with Gasteiger partial charge in [0.2, 0.25) is 0 Å². The first-order chi connectivity index (χ1) is 8.70. The molecule has 0 aliphatic carbocycles. The van der Waals surface area contributed by atoms with Crippen molar-refractivity contribution in [3.8, 4) is 5.75 Å². The van der Waals surface area contributed by atoms with E-state index < -0.39 is 6.10 Å². The highest BCUT2D eigenvalue weighted by Gasteiger charge is 2.10. The molecule has 0 bridgehead atoms. The topological polar surface area (TPSA) is 29.5 Å². The summed E-state index contributed by atoms with van der Waals surface area (Å²) in [5.41, 5.74) is 2.00. The Kier molecular flexibility index (Phi) is 4.39. The molecule has 94 valence electrons. The van der Waals surface area contributed by atoms with E-state index in [1.165, 1.54) is 0 Å². The molecule has 18 heavy (non-hydrogen) atoms. The number of aliphatic hydroxyl groups excluding tert-OH is 1. The standard InChI is InChI=1S/C15H15BrO2/c1-18-15-8-7-12(10-13(15)16)14(17)9-11-5-3-2-4-6-11/h2-8,10,14,17H,9H2,1H3. The van der Waals surface area contributed by atoms with Crippen LogP contribution in [0.2, 0.25) is 0 Å². The van der Waals surface area contributed by atoms with E-state index in [0.717, 1.165) is 21.3 Å². The van der Waals surface area contributed by atoms with Crippen LogP contribution in [0.5, 0.6) is 5.75 Å². The number of ether oxygens (including phenoxy) is 1. The third kappa shape index (κ3) is 3.12. The minimum Gasteiger partial charge on any atom is -0.496 e. The van der Waals surface area contributed by atoms with Crippen LogP contribution >= 0.6 is 15.9 Å². The number of benzene rings is 2. The van der Waals surface area contributed by atoms with E-state index in [0.29, 0.717) is 6.42 Å². The first-order valence-corrected chi connectivity index (χ1v) is 6.55. The van der Waals surface area contributed by atoms with Gasteiger partial charge in [-0.2, -0.15) is 0 Å². The lowest BCUT2D eigenvalue weighted by molar-refractivity contribution is 0.178. The van der Waals surface area contributed by atoms with Crippen molar-refractivity contribution >= 4 is 15.9 Å². The lowest BCUT2D eigenvalue weighted by atomic mass is 10.0. The van der Waals surface area contributed by atoms with E-state index in [4.69, 9.17) is 4.74 Å². The van der Waals surface area contributed by atoms with Crippen molar-refractivity contribution in [1.82, 2.24) is 0 Å². The molecule has 0 heterocycles. The van der Waals surface area contributed by atoms with Gasteiger partial charge in [-0.1, -0.05) is 36.4 Å². The number of methoxy groups -OCH3 is 1. The third-order valence-corrected chi connectivity index (χ3v) is 3.45. The molecule has 2 aromatic rings. The Morgan fingerprint density at radius 1 is 1.17 bits per heavy atom. The van der Waals surface area contributed by atoms with Crippen LogP contribution in [-0.2, 0) is 6.42 Å². The first kappa shape index (κ1) is 13.1. The van der Waals surface area contributed by atoms with Crippen molar-refractivity contribution in [3.63, 3.8) is 0 Å². The number of rotatable bonds is 4. The predicted octanol–water partition coefficient (Wildman–Crippen LogP) is 3.73. The third-order valence-electron chi connectivity index (χ3n) is 2.83. The van der Waals surface area contributed by atoms with Gasteiger partial charge in [0.1, 0.15) is 5.75 Å². The second-order valence-electron chi connectivity index (χ2n) is 4.10. The Bertz CT molecular complexity index is 511. The molecule has 0 amide bonds. The highest BCUT2D eigenvalue weighted by atomic mass is 79.9. The lowest BCUT2D eigenvalue weighted by Gasteiger charge is -2.13. The normalized spacial score (nSPS) is 12.2. The summed E-state index contributed by atoms with van der Waals surface area (Å²) in [6.45, 7) is 0. The molecule has 0 fully saturated rings. The van der Waals surface area contributed by atoms with Crippen molar-refractivity contribution in [2.45, 2.75) is 12.5 Å². The molecular formula is C15H15BrO2. The minimum absolute atomic E-state index is 0.505. The van der Waals surface area contributed by atoms with Gasteiger partial charge in [0, 0.05) is 6.42 Å². The monoisotopic (exact) mass is 306 g/mol. The molecule has 2 aromatic carbocycles. The van der Waals surface area contributed by atoms with E-state index in [-0.39, 0.29) is 0 Å². The Morgan fingerprint density at radius 2 is 1.89 bits per heavy atom. The van der Waals surface area contributed by atoms with Gasteiger partial charge < -0.3 is 9.84 Å². The molecule has 0 saturated heterocycles. The van der Waals surface area contributed by atoms with Crippen LogP contribution in [0, 0.1) is 0 Å². The maximum absolute atomic E-state index is 10.2. The van der Waals surface area contributed by atoms with Crippen molar-refractivity contribution in [2.24, 2.45) is 0 Å². The Balaban J connectivity index is 2.14. The zero-order chi connectivity index (χ0) is 13.0. The van der Waals surface area contributed by atoms with Gasteiger partial charge in [0.05, 0.1) is 17.7 Å². The zero-order valence-corrected chi connectivity index (χ0v) is 11.7. The molecule has 0 aliphatic heterocycles. The average Bonchev–Trinajstić information content (AvgIpc) is 2.39. The fourth-order valence-electron chi connectivity index (χ4n) is 1.85. The number of halogens is 1. The summed E-state index contributed by atoms with van der Waals surface area (Å²) < 4.78 is 6.03. The molecule has 0 saturated carbocycles. The first-order valence-electron chi connectivity index (χ1n) is 5.76. The van der Waals surface area contributed by atoms with E-state index in [1.54, 1.807) is 7.11 Å². The molecule has 1 unspecified atom stereocenters. The molecule has 0 radical (unpaired) electrons. The van der Waals surface area contributed by atoms with Gasteiger partial charge >= 0.3 is 0 Å². The van der Waals surface area contributed by atoms with Crippen molar-refractivity contribution in [1.29, 1.82) is 0 Å². The summed E-state index contributed by atoms with van der Waals surface area (Å²) in [5, 5.41) is 10.2. The second-order valence-corrected chi connectivity index (χ2v) is 4.95. The van der Waals surface area contributed by atoms with Gasteiger partial charge in [-0.3, -0.25) is 0 Å². The maximum atomic E-state index is 10.2. The molecule has 0 aromatic heterocycles. The van der Waals surface area contributed by atoms with Gasteiger partial charge in [-0.25, -0.2) is 0 Å². The molecule has 3 heteroatoms. The van der Waals surface area contributed by atoms with Gasteiger partial charge in [0.15, 0.2) is 0 Å². The zero-order valence-electron chi connectivity index (χ0n) is 10.1. The van der Waals surface area contributed by atoms with Crippen LogP contribution in [0.3, 0.4) is 0 Å². The molecule has 0 spiro atoms. The van der Waals surface area contributed by atoms with Crippen molar-refractivity contribution < 1.29 is 9.84 Å². The Labute approximate surface area is 115 Å². The maximum Gasteiger partial charge on any atom is 0.133 e. The lowest BCUT2D eigenvalue weighted by Crippen LogP contribution is -2.02. The van der Waals surface area contributed by atoms with Crippen LogP contribution in [0.25, 0.3) is 0 Å². The summed E-state index contributed by atoms with van der Waals surface area (Å²) in [6.07, 6.45) is 0.106. The Morgan fingerprint density at radius 3 is 2.50 bits per heavy atom. The molecule has 0 aliphatic rings. The molecule has 1 N–H and O–H groups in total. The minimum atomic E-state index is -0.505. The van der Waals surface area contributed by atoms with Crippen LogP contribution < -0.4 is 4.74 Å². The fourth-order valence-corrected chi connectivity index (χ4v) is 2.40.